The van der Waals surface area contributed by atoms with E-state index in [2.05, 4.69) is 28.5 Å². The average molecular weight is 427 g/mol. The van der Waals surface area contributed by atoms with Crippen LogP contribution >= 0.6 is 11.8 Å². The Kier molecular flexibility index (Phi) is 4.11. The number of nitrogens with zero attached hydrogens (tertiary/aromatic N) is 3. The summed E-state index contributed by atoms with van der Waals surface area (Å²) < 4.78 is 6.41. The SMILES string of the molecule is O=C1N[C@@]2(Oc3ccccc3[C@H]3CC(c4ccccc4)=NN32)S/C1=C\c1cccnc1. The van der Waals surface area contributed by atoms with Gasteiger partial charge in [0.15, 0.2) is 0 Å². The summed E-state index contributed by atoms with van der Waals surface area (Å²) in [7, 11) is 0. The lowest BCUT2D eigenvalue weighted by molar-refractivity contribution is -0.127. The van der Waals surface area contributed by atoms with Gasteiger partial charge < -0.3 is 4.74 Å². The molecule has 31 heavy (non-hydrogen) atoms. The predicted octanol–water partition coefficient (Wildman–Crippen LogP) is 4.14. The Bertz CT molecular complexity index is 1230. The molecule has 1 spiro atoms. The zero-order valence-electron chi connectivity index (χ0n) is 16.4. The predicted molar refractivity (Wildman–Crippen MR) is 120 cm³/mol. The molecule has 2 aromatic carbocycles. The minimum atomic E-state index is -1.12. The fourth-order valence-corrected chi connectivity index (χ4v) is 5.33. The van der Waals surface area contributed by atoms with Crippen molar-refractivity contribution < 1.29 is 9.53 Å². The van der Waals surface area contributed by atoms with Gasteiger partial charge in [0, 0.05) is 24.4 Å². The Balaban J connectivity index is 1.43. The molecule has 4 heterocycles. The van der Waals surface area contributed by atoms with Crippen molar-refractivity contribution in [2.24, 2.45) is 5.10 Å². The first-order chi connectivity index (χ1) is 15.2. The summed E-state index contributed by atoms with van der Waals surface area (Å²) in [5.41, 5.74) is 3.98. The van der Waals surface area contributed by atoms with Crippen LogP contribution in [0.25, 0.3) is 6.08 Å². The van der Waals surface area contributed by atoms with E-state index in [4.69, 9.17) is 9.84 Å². The molecule has 0 aliphatic carbocycles. The van der Waals surface area contributed by atoms with Crippen molar-refractivity contribution in [1.82, 2.24) is 15.3 Å². The van der Waals surface area contributed by atoms with E-state index in [-0.39, 0.29) is 11.9 Å². The maximum absolute atomic E-state index is 12.9. The molecule has 1 aromatic heterocycles. The van der Waals surface area contributed by atoms with E-state index in [9.17, 15) is 4.79 Å². The number of carbonyl (C=O) groups is 1. The second kappa shape index (κ2) is 6.99. The van der Waals surface area contributed by atoms with Crippen molar-refractivity contribution in [1.29, 1.82) is 0 Å². The molecule has 1 fully saturated rings. The lowest BCUT2D eigenvalue weighted by Crippen LogP contribution is -2.58. The number of hydrazone groups is 1. The van der Waals surface area contributed by atoms with Gasteiger partial charge in [-0.05, 0) is 41.1 Å². The fourth-order valence-electron chi connectivity index (χ4n) is 4.16. The highest BCUT2D eigenvalue weighted by atomic mass is 32.2. The summed E-state index contributed by atoms with van der Waals surface area (Å²) in [6.45, 7) is 0. The number of hydrogen-bond donors (Lipinski definition) is 1. The number of thioether (sulfide) groups is 1. The molecule has 3 aliphatic heterocycles. The highest BCUT2D eigenvalue weighted by molar-refractivity contribution is 8.05. The molecule has 3 aromatic rings. The van der Waals surface area contributed by atoms with Crippen molar-refractivity contribution in [2.75, 3.05) is 0 Å². The summed E-state index contributed by atoms with van der Waals surface area (Å²) in [5.74, 6) is 0.582. The monoisotopic (exact) mass is 426 g/mol. The number of para-hydroxylation sites is 1. The van der Waals surface area contributed by atoms with Crippen LogP contribution < -0.4 is 10.1 Å². The number of hydrogen-bond acceptors (Lipinski definition) is 6. The quantitative estimate of drug-likeness (QED) is 0.624. The Hall–Kier alpha value is -3.58. The first-order valence-corrected chi connectivity index (χ1v) is 10.9. The third kappa shape index (κ3) is 3.00. The number of ether oxygens (including phenoxy) is 1. The van der Waals surface area contributed by atoms with Gasteiger partial charge in [0.1, 0.15) is 5.75 Å². The average Bonchev–Trinajstić information content (AvgIpc) is 3.39. The van der Waals surface area contributed by atoms with E-state index in [0.717, 1.165) is 34.6 Å². The summed E-state index contributed by atoms with van der Waals surface area (Å²) in [6.07, 6.45) is 6.01. The molecule has 0 unspecified atom stereocenters. The summed E-state index contributed by atoms with van der Waals surface area (Å²) in [5, 5.41) is 8.78. The van der Waals surface area contributed by atoms with E-state index in [0.29, 0.717) is 4.91 Å². The summed E-state index contributed by atoms with van der Waals surface area (Å²) >= 11 is 1.34. The lowest BCUT2D eigenvalue weighted by atomic mass is 9.97. The van der Waals surface area contributed by atoms with Crippen LogP contribution in [0.4, 0.5) is 0 Å². The van der Waals surface area contributed by atoms with Gasteiger partial charge in [0.05, 0.1) is 16.7 Å². The van der Waals surface area contributed by atoms with Crippen molar-refractivity contribution in [3.63, 3.8) is 0 Å². The van der Waals surface area contributed by atoms with E-state index in [1.807, 2.05) is 59.6 Å². The van der Waals surface area contributed by atoms with Gasteiger partial charge in [-0.3, -0.25) is 15.1 Å². The Morgan fingerprint density at radius 1 is 1.10 bits per heavy atom. The van der Waals surface area contributed by atoms with Gasteiger partial charge in [0.25, 0.3) is 5.91 Å². The van der Waals surface area contributed by atoms with Crippen LogP contribution in [0.3, 0.4) is 0 Å². The standard InChI is InChI=1S/C24H18N4O2S/c29-23-22(13-16-7-6-12-25-15-16)31-24(26-23)28-20(18-10-4-5-11-21(18)30-24)14-19(27-28)17-8-2-1-3-9-17/h1-13,15,20H,14H2,(H,26,29)/b22-13-/t20-,24-/m1/s1. The lowest BCUT2D eigenvalue weighted by Gasteiger charge is -2.43. The Labute approximate surface area is 183 Å². The van der Waals surface area contributed by atoms with Crippen LogP contribution in [0.2, 0.25) is 0 Å². The van der Waals surface area contributed by atoms with Crippen LogP contribution in [0.5, 0.6) is 5.75 Å². The van der Waals surface area contributed by atoms with E-state index in [1.165, 1.54) is 11.8 Å². The summed E-state index contributed by atoms with van der Waals surface area (Å²) in [4.78, 5) is 17.6. The third-order valence-electron chi connectivity index (χ3n) is 5.57. The van der Waals surface area contributed by atoms with Gasteiger partial charge in [-0.25, -0.2) is 5.01 Å². The first kappa shape index (κ1) is 18.2. The molecule has 152 valence electrons. The molecule has 6 nitrogen and oxygen atoms in total. The molecule has 1 N–H and O–H groups in total. The maximum Gasteiger partial charge on any atom is 0.336 e. The molecule has 1 saturated heterocycles. The van der Waals surface area contributed by atoms with Gasteiger partial charge >= 0.3 is 5.18 Å². The van der Waals surface area contributed by atoms with Crippen LogP contribution in [-0.2, 0) is 4.79 Å². The van der Waals surface area contributed by atoms with Crippen molar-refractivity contribution in [3.05, 3.63) is 101 Å². The molecule has 1 amide bonds. The highest BCUT2D eigenvalue weighted by Crippen LogP contribution is 2.53. The number of pyridine rings is 1. The molecular formula is C24H18N4O2S. The van der Waals surface area contributed by atoms with E-state index >= 15 is 0 Å². The Morgan fingerprint density at radius 3 is 2.77 bits per heavy atom. The summed E-state index contributed by atoms with van der Waals surface area (Å²) in [6, 6.07) is 21.8. The number of amides is 1. The molecule has 6 rings (SSSR count). The molecular weight excluding hydrogens is 408 g/mol. The zero-order chi connectivity index (χ0) is 20.8. The first-order valence-electron chi connectivity index (χ1n) is 10.1. The van der Waals surface area contributed by atoms with Crippen molar-refractivity contribution >= 4 is 29.5 Å². The highest BCUT2D eigenvalue weighted by Gasteiger charge is 2.57. The topological polar surface area (TPSA) is 66.8 Å². The maximum atomic E-state index is 12.9. The van der Waals surface area contributed by atoms with Gasteiger partial charge in [-0.2, -0.15) is 5.10 Å². The molecule has 7 heteroatoms. The van der Waals surface area contributed by atoms with E-state index in [1.54, 1.807) is 12.4 Å². The fraction of sp³-hybridized carbons (Fsp3) is 0.125. The minimum absolute atomic E-state index is 0.0225. The number of fused-ring (bicyclic) bond motifs is 4. The number of carbonyl (C=O) groups excluding carboxylic acids is 1. The zero-order valence-corrected chi connectivity index (χ0v) is 17.3. The smallest absolute Gasteiger partial charge is 0.336 e. The number of nitrogens with one attached hydrogen (secondary N) is 1. The minimum Gasteiger partial charge on any atom is -0.439 e. The third-order valence-corrected chi connectivity index (χ3v) is 6.74. The van der Waals surface area contributed by atoms with Crippen molar-refractivity contribution in [2.45, 2.75) is 17.6 Å². The van der Waals surface area contributed by atoms with Crippen LogP contribution in [-0.4, -0.2) is 26.8 Å². The largest absolute Gasteiger partial charge is 0.439 e. The van der Waals surface area contributed by atoms with Crippen LogP contribution in [0.15, 0.2) is 89.1 Å². The second-order valence-corrected chi connectivity index (χ2v) is 8.75. The van der Waals surface area contributed by atoms with Gasteiger partial charge in [0.2, 0.25) is 0 Å². The second-order valence-electron chi connectivity index (χ2n) is 7.55. The van der Waals surface area contributed by atoms with Crippen LogP contribution in [0, 0.1) is 0 Å². The molecule has 0 radical (unpaired) electrons. The molecule has 2 atom stereocenters. The number of aromatic nitrogens is 1. The van der Waals surface area contributed by atoms with Crippen molar-refractivity contribution in [3.8, 4) is 5.75 Å². The van der Waals surface area contributed by atoms with Crippen LogP contribution in [0.1, 0.15) is 29.2 Å². The Morgan fingerprint density at radius 2 is 1.94 bits per heavy atom. The molecule has 0 saturated carbocycles. The van der Waals surface area contributed by atoms with E-state index < -0.39 is 5.18 Å². The van der Waals surface area contributed by atoms with Gasteiger partial charge in [-0.15, -0.1) is 0 Å². The van der Waals surface area contributed by atoms with Gasteiger partial charge in [-0.1, -0.05) is 54.6 Å². The molecule has 0 bridgehead atoms. The number of benzene rings is 2. The molecule has 3 aliphatic rings. The number of rotatable bonds is 2. The normalized spacial score (nSPS) is 25.1.